The van der Waals surface area contributed by atoms with Crippen molar-refractivity contribution in [1.29, 1.82) is 0 Å². The summed E-state index contributed by atoms with van der Waals surface area (Å²) >= 11 is 3.37. The fraction of sp³-hybridized carbons (Fsp3) is 1.00. The minimum Gasteiger partial charge on any atom is -0.330 e. The van der Waals surface area contributed by atoms with Crippen molar-refractivity contribution in [2.75, 3.05) is 33.0 Å². The van der Waals surface area contributed by atoms with Gasteiger partial charge in [-0.15, -0.1) is 17.0 Å². The molecular weight excluding hydrogens is 234 g/mol. The van der Waals surface area contributed by atoms with E-state index in [4.69, 9.17) is 0 Å². The SMILES string of the molecule is Br.C[N+](C)(C)CCBr. The fourth-order valence-corrected chi connectivity index (χ4v) is 1.32. The van der Waals surface area contributed by atoms with Gasteiger partial charge in [0.15, 0.2) is 0 Å². The normalized spacial score (nSPS) is 10.5. The molecule has 52 valence electrons. The molecule has 0 spiro atoms. The van der Waals surface area contributed by atoms with E-state index in [1.165, 1.54) is 6.54 Å². The molecule has 0 aliphatic heterocycles. The molecule has 0 radical (unpaired) electrons. The molecule has 0 heterocycles. The maximum absolute atomic E-state index is 3.37. The summed E-state index contributed by atoms with van der Waals surface area (Å²) in [4.78, 5) is 0. The minimum atomic E-state index is 0. The lowest BCUT2D eigenvalue weighted by Crippen LogP contribution is -2.35. The van der Waals surface area contributed by atoms with Crippen LogP contribution in [0.5, 0.6) is 0 Å². The van der Waals surface area contributed by atoms with E-state index < -0.39 is 0 Å². The zero-order chi connectivity index (χ0) is 5.91. The Morgan fingerprint density at radius 2 is 1.62 bits per heavy atom. The van der Waals surface area contributed by atoms with Crippen LogP contribution in [0.3, 0.4) is 0 Å². The van der Waals surface area contributed by atoms with Gasteiger partial charge < -0.3 is 4.48 Å². The lowest BCUT2D eigenvalue weighted by atomic mass is 10.6. The molecule has 0 saturated heterocycles. The molecule has 0 N–H and O–H groups in total. The van der Waals surface area contributed by atoms with Crippen LogP contribution in [0.2, 0.25) is 0 Å². The van der Waals surface area contributed by atoms with Gasteiger partial charge in [-0.25, -0.2) is 0 Å². The second kappa shape index (κ2) is 4.77. The van der Waals surface area contributed by atoms with Crippen LogP contribution in [0.25, 0.3) is 0 Å². The molecule has 0 saturated carbocycles. The molecule has 8 heavy (non-hydrogen) atoms. The van der Waals surface area contributed by atoms with Gasteiger partial charge in [0, 0.05) is 0 Å². The van der Waals surface area contributed by atoms with Gasteiger partial charge in [-0.3, -0.25) is 0 Å². The van der Waals surface area contributed by atoms with Gasteiger partial charge in [0.1, 0.15) is 0 Å². The standard InChI is InChI=1S/C5H13BrN.BrH/c1-7(2,3)5-4-6;/h4-5H2,1-3H3;1H/q+1;. The van der Waals surface area contributed by atoms with Crippen LogP contribution < -0.4 is 0 Å². The second-order valence-electron chi connectivity index (χ2n) is 2.70. The Morgan fingerprint density at radius 3 is 1.62 bits per heavy atom. The van der Waals surface area contributed by atoms with Crippen molar-refractivity contribution in [1.82, 2.24) is 0 Å². The zero-order valence-electron chi connectivity index (χ0n) is 5.65. The quantitative estimate of drug-likeness (QED) is 0.515. The maximum atomic E-state index is 3.37. The van der Waals surface area contributed by atoms with Crippen molar-refractivity contribution in [3.05, 3.63) is 0 Å². The second-order valence-corrected chi connectivity index (χ2v) is 3.50. The Bertz CT molecular complexity index is 48.9. The number of halogens is 2. The van der Waals surface area contributed by atoms with Gasteiger partial charge in [-0.2, -0.15) is 0 Å². The van der Waals surface area contributed by atoms with Crippen molar-refractivity contribution < 1.29 is 4.48 Å². The highest BCUT2D eigenvalue weighted by Gasteiger charge is 2.02. The van der Waals surface area contributed by atoms with Crippen LogP contribution in [0, 0.1) is 0 Å². The predicted octanol–water partition coefficient (Wildman–Crippen LogP) is 1.67. The van der Waals surface area contributed by atoms with Gasteiger partial charge in [-0.1, -0.05) is 15.9 Å². The first-order valence-corrected chi connectivity index (χ1v) is 3.55. The van der Waals surface area contributed by atoms with Gasteiger partial charge in [0.05, 0.1) is 33.0 Å². The Kier molecular flexibility index (Phi) is 6.96. The molecular formula is C5H14Br2N+. The molecule has 0 aliphatic rings. The topological polar surface area (TPSA) is 0 Å². The van der Waals surface area contributed by atoms with E-state index in [0.717, 1.165) is 9.81 Å². The van der Waals surface area contributed by atoms with Crippen molar-refractivity contribution in [2.45, 2.75) is 0 Å². The summed E-state index contributed by atoms with van der Waals surface area (Å²) in [5.74, 6) is 0. The molecule has 0 aromatic heterocycles. The summed E-state index contributed by atoms with van der Waals surface area (Å²) in [7, 11) is 6.55. The van der Waals surface area contributed by atoms with Gasteiger partial charge in [-0.05, 0) is 0 Å². The van der Waals surface area contributed by atoms with Crippen LogP contribution in [-0.4, -0.2) is 37.5 Å². The van der Waals surface area contributed by atoms with E-state index in [1.807, 2.05) is 0 Å². The fourth-order valence-electron chi connectivity index (χ4n) is 0.254. The number of alkyl halides is 1. The summed E-state index contributed by atoms with van der Waals surface area (Å²) in [6.45, 7) is 1.19. The number of rotatable bonds is 2. The third-order valence-electron chi connectivity index (χ3n) is 0.755. The molecule has 3 heteroatoms. The van der Waals surface area contributed by atoms with Crippen molar-refractivity contribution >= 4 is 32.9 Å². The molecule has 0 fully saturated rings. The first-order valence-electron chi connectivity index (χ1n) is 2.43. The van der Waals surface area contributed by atoms with E-state index in [9.17, 15) is 0 Å². The highest BCUT2D eigenvalue weighted by molar-refractivity contribution is 9.09. The number of nitrogens with zero attached hydrogens (tertiary/aromatic N) is 1. The Balaban J connectivity index is 0. The predicted molar refractivity (Wildman–Crippen MR) is 47.0 cm³/mol. The van der Waals surface area contributed by atoms with Gasteiger partial charge in [0.25, 0.3) is 0 Å². The van der Waals surface area contributed by atoms with Crippen LogP contribution in [0.4, 0.5) is 0 Å². The molecule has 0 atom stereocenters. The first kappa shape index (κ1) is 11.7. The number of hydrogen-bond donors (Lipinski definition) is 0. The molecule has 0 aromatic carbocycles. The van der Waals surface area contributed by atoms with Crippen LogP contribution in [0.1, 0.15) is 0 Å². The van der Waals surface area contributed by atoms with Gasteiger partial charge in [0.2, 0.25) is 0 Å². The maximum Gasteiger partial charge on any atom is 0.0878 e. The van der Waals surface area contributed by atoms with E-state index in [-0.39, 0.29) is 17.0 Å². The Labute approximate surface area is 70.5 Å². The van der Waals surface area contributed by atoms with E-state index in [2.05, 4.69) is 37.1 Å². The lowest BCUT2D eigenvalue weighted by molar-refractivity contribution is -0.867. The van der Waals surface area contributed by atoms with Crippen LogP contribution >= 0.6 is 32.9 Å². The number of hydrogen-bond acceptors (Lipinski definition) is 0. The molecule has 0 aliphatic carbocycles. The Hall–Kier alpha value is 0.920. The highest BCUT2D eigenvalue weighted by atomic mass is 79.9. The summed E-state index contributed by atoms with van der Waals surface area (Å²) in [6.07, 6.45) is 0. The van der Waals surface area contributed by atoms with Crippen molar-refractivity contribution in [3.63, 3.8) is 0 Å². The monoisotopic (exact) mass is 246 g/mol. The minimum absolute atomic E-state index is 0. The lowest BCUT2D eigenvalue weighted by Gasteiger charge is -2.21. The van der Waals surface area contributed by atoms with Crippen molar-refractivity contribution in [2.24, 2.45) is 0 Å². The van der Waals surface area contributed by atoms with Crippen molar-refractivity contribution in [3.8, 4) is 0 Å². The molecule has 0 rings (SSSR count). The smallest absolute Gasteiger partial charge is 0.0878 e. The molecule has 1 nitrogen and oxygen atoms in total. The largest absolute Gasteiger partial charge is 0.330 e. The average Bonchev–Trinajstić information content (AvgIpc) is 1.30. The van der Waals surface area contributed by atoms with Crippen LogP contribution in [0.15, 0.2) is 0 Å². The summed E-state index contributed by atoms with van der Waals surface area (Å²) in [5.41, 5.74) is 0. The average molecular weight is 248 g/mol. The highest BCUT2D eigenvalue weighted by Crippen LogP contribution is 1.90. The van der Waals surface area contributed by atoms with Crippen LogP contribution in [-0.2, 0) is 0 Å². The first-order chi connectivity index (χ1) is 3.06. The summed E-state index contributed by atoms with van der Waals surface area (Å²) in [5, 5.41) is 1.09. The summed E-state index contributed by atoms with van der Waals surface area (Å²) in [6, 6.07) is 0. The molecule has 0 bridgehead atoms. The van der Waals surface area contributed by atoms with E-state index in [1.54, 1.807) is 0 Å². The van der Waals surface area contributed by atoms with E-state index >= 15 is 0 Å². The molecule has 0 aromatic rings. The molecule has 0 unspecified atom stereocenters. The van der Waals surface area contributed by atoms with E-state index in [0.29, 0.717) is 0 Å². The third-order valence-corrected chi connectivity index (χ3v) is 1.11. The Morgan fingerprint density at radius 1 is 1.25 bits per heavy atom. The van der Waals surface area contributed by atoms with Gasteiger partial charge >= 0.3 is 0 Å². The number of quaternary nitrogens is 1. The third kappa shape index (κ3) is 10.0. The zero-order valence-corrected chi connectivity index (χ0v) is 8.95. The molecule has 0 amide bonds. The summed E-state index contributed by atoms with van der Waals surface area (Å²) < 4.78 is 1.05.